The lowest BCUT2D eigenvalue weighted by Crippen LogP contribution is -2.03. The van der Waals surface area contributed by atoms with Crippen LogP contribution in [0.25, 0.3) is 0 Å². The van der Waals surface area contributed by atoms with E-state index in [1.165, 1.54) is 18.4 Å². The number of methoxy groups -OCH3 is 2. The molecule has 1 heterocycles. The van der Waals surface area contributed by atoms with Gasteiger partial charge in [-0.05, 0) is 30.3 Å². The summed E-state index contributed by atoms with van der Waals surface area (Å²) in [6.45, 7) is 0. The largest absolute Gasteiger partial charge is 0.493 e. The summed E-state index contributed by atoms with van der Waals surface area (Å²) >= 11 is 1.21. The normalized spacial score (nSPS) is 10.3. The fourth-order valence-electron chi connectivity index (χ4n) is 2.30. The van der Waals surface area contributed by atoms with Gasteiger partial charge in [0.15, 0.2) is 16.6 Å². The summed E-state index contributed by atoms with van der Waals surface area (Å²) in [5.74, 6) is 1.03. The van der Waals surface area contributed by atoms with E-state index < -0.39 is 0 Å². The number of nitrogens with one attached hydrogen (secondary N) is 1. The number of aromatic nitrogens is 1. The summed E-state index contributed by atoms with van der Waals surface area (Å²) in [6.07, 6.45) is 0. The number of hydrogen-bond acceptors (Lipinski definition) is 7. The number of hydrogen-bond donors (Lipinski definition) is 2. The molecule has 0 aliphatic rings. The maximum Gasteiger partial charge on any atom is 0.206 e. The Morgan fingerprint density at radius 3 is 2.48 bits per heavy atom. The van der Waals surface area contributed by atoms with Gasteiger partial charge < -0.3 is 20.5 Å². The topological polar surface area (TPSA) is 86.5 Å². The quantitative estimate of drug-likeness (QED) is 0.656. The van der Waals surface area contributed by atoms with Crippen LogP contribution in [-0.4, -0.2) is 25.0 Å². The molecule has 0 fully saturated rings. The second-order valence-electron chi connectivity index (χ2n) is 5.12. The molecule has 0 atom stereocenters. The lowest BCUT2D eigenvalue weighted by Gasteiger charge is -2.08. The van der Waals surface area contributed by atoms with Crippen molar-refractivity contribution in [2.24, 2.45) is 0 Å². The first-order valence-corrected chi connectivity index (χ1v) is 8.29. The molecule has 0 unspecified atom stereocenters. The number of nitrogens with zero attached hydrogens (tertiary/aromatic N) is 1. The van der Waals surface area contributed by atoms with Crippen molar-refractivity contribution in [3.05, 3.63) is 59.0 Å². The van der Waals surface area contributed by atoms with Crippen LogP contribution >= 0.6 is 11.3 Å². The summed E-state index contributed by atoms with van der Waals surface area (Å²) < 4.78 is 10.4. The standard InChI is InChI=1S/C18H17N3O3S/c1-23-13-9-8-11(10-14(13)24-2)15(22)16-17(19)21-18(25-16)20-12-6-4-3-5-7-12/h3-10H,19H2,1-2H3,(H,20,21). The highest BCUT2D eigenvalue weighted by Crippen LogP contribution is 2.32. The Morgan fingerprint density at radius 2 is 1.80 bits per heavy atom. The van der Waals surface area contributed by atoms with Gasteiger partial charge in [0, 0.05) is 11.3 Å². The average Bonchev–Trinajstić information content (AvgIpc) is 3.01. The van der Waals surface area contributed by atoms with Gasteiger partial charge in [-0.25, -0.2) is 4.98 Å². The number of ketones is 1. The highest BCUT2D eigenvalue weighted by atomic mass is 32.1. The second-order valence-corrected chi connectivity index (χ2v) is 6.12. The van der Waals surface area contributed by atoms with Crippen molar-refractivity contribution in [1.29, 1.82) is 0 Å². The maximum absolute atomic E-state index is 12.8. The van der Waals surface area contributed by atoms with E-state index in [1.807, 2.05) is 30.3 Å². The third-order valence-corrected chi connectivity index (χ3v) is 4.52. The van der Waals surface area contributed by atoms with Gasteiger partial charge in [-0.1, -0.05) is 29.5 Å². The monoisotopic (exact) mass is 355 g/mol. The number of para-hydroxylation sites is 1. The van der Waals surface area contributed by atoms with Crippen LogP contribution in [0.4, 0.5) is 16.6 Å². The number of rotatable bonds is 6. The molecule has 0 saturated carbocycles. The number of carbonyl (C=O) groups is 1. The summed E-state index contributed by atoms with van der Waals surface area (Å²) in [4.78, 5) is 17.4. The van der Waals surface area contributed by atoms with E-state index in [1.54, 1.807) is 25.3 Å². The van der Waals surface area contributed by atoms with Crippen LogP contribution in [0.3, 0.4) is 0 Å². The molecule has 0 spiro atoms. The first kappa shape index (κ1) is 16.8. The third kappa shape index (κ3) is 3.56. The molecular weight excluding hydrogens is 338 g/mol. The number of benzene rings is 2. The van der Waals surface area contributed by atoms with Gasteiger partial charge in [0.05, 0.1) is 14.2 Å². The molecule has 6 nitrogen and oxygen atoms in total. The van der Waals surface area contributed by atoms with Crippen molar-refractivity contribution in [2.45, 2.75) is 0 Å². The number of nitrogens with two attached hydrogens (primary N) is 1. The van der Waals surface area contributed by atoms with Gasteiger partial charge >= 0.3 is 0 Å². The molecule has 0 aliphatic carbocycles. The summed E-state index contributed by atoms with van der Waals surface area (Å²) in [5, 5.41) is 3.71. The van der Waals surface area contributed by atoms with Crippen LogP contribution in [0.2, 0.25) is 0 Å². The molecule has 3 aromatic rings. The van der Waals surface area contributed by atoms with E-state index in [-0.39, 0.29) is 11.6 Å². The van der Waals surface area contributed by atoms with Crippen LogP contribution in [0, 0.1) is 0 Å². The van der Waals surface area contributed by atoms with Gasteiger partial charge in [0.2, 0.25) is 5.78 Å². The highest BCUT2D eigenvalue weighted by Gasteiger charge is 2.19. The molecule has 0 radical (unpaired) electrons. The Balaban J connectivity index is 1.88. The molecule has 7 heteroatoms. The minimum atomic E-state index is -0.211. The van der Waals surface area contributed by atoms with Crippen LogP contribution < -0.4 is 20.5 Å². The zero-order valence-electron chi connectivity index (χ0n) is 13.8. The zero-order chi connectivity index (χ0) is 17.8. The molecule has 0 saturated heterocycles. The van der Waals surface area contributed by atoms with Crippen LogP contribution in [0.1, 0.15) is 15.2 Å². The molecule has 25 heavy (non-hydrogen) atoms. The number of carbonyl (C=O) groups excluding carboxylic acids is 1. The number of thiazole rings is 1. The molecule has 3 rings (SSSR count). The minimum Gasteiger partial charge on any atom is -0.493 e. The van der Waals surface area contributed by atoms with E-state index in [4.69, 9.17) is 15.2 Å². The molecule has 3 N–H and O–H groups in total. The van der Waals surface area contributed by atoms with E-state index in [9.17, 15) is 4.79 Å². The van der Waals surface area contributed by atoms with Crippen molar-refractivity contribution in [3.8, 4) is 11.5 Å². The lowest BCUT2D eigenvalue weighted by atomic mass is 10.1. The first-order valence-electron chi connectivity index (χ1n) is 7.47. The minimum absolute atomic E-state index is 0.197. The number of nitrogen functional groups attached to an aromatic ring is 1. The SMILES string of the molecule is COc1ccc(C(=O)c2sc(Nc3ccccc3)nc2N)cc1OC. The van der Waals surface area contributed by atoms with Crippen molar-refractivity contribution in [2.75, 3.05) is 25.3 Å². The number of ether oxygens (including phenoxy) is 2. The van der Waals surface area contributed by atoms with E-state index in [0.29, 0.717) is 27.1 Å². The second kappa shape index (κ2) is 7.23. The van der Waals surface area contributed by atoms with Gasteiger partial charge in [-0.2, -0.15) is 0 Å². The molecular formula is C18H17N3O3S. The summed E-state index contributed by atoms with van der Waals surface area (Å²) in [5.41, 5.74) is 7.28. The Labute approximate surface area is 149 Å². The smallest absolute Gasteiger partial charge is 0.206 e. The molecule has 0 aliphatic heterocycles. The Morgan fingerprint density at radius 1 is 1.08 bits per heavy atom. The number of anilines is 3. The van der Waals surface area contributed by atoms with E-state index >= 15 is 0 Å². The first-order chi connectivity index (χ1) is 12.1. The summed E-state index contributed by atoms with van der Waals surface area (Å²) in [6, 6.07) is 14.6. The zero-order valence-corrected chi connectivity index (χ0v) is 14.6. The fourth-order valence-corrected chi connectivity index (χ4v) is 3.17. The predicted molar refractivity (Wildman–Crippen MR) is 99.2 cm³/mol. The van der Waals surface area contributed by atoms with Crippen molar-refractivity contribution < 1.29 is 14.3 Å². The molecule has 128 valence electrons. The predicted octanol–water partition coefficient (Wildman–Crippen LogP) is 3.72. The van der Waals surface area contributed by atoms with Crippen LogP contribution in [-0.2, 0) is 0 Å². The Hall–Kier alpha value is -3.06. The molecule has 2 aromatic carbocycles. The Kier molecular flexibility index (Phi) is 4.85. The summed E-state index contributed by atoms with van der Waals surface area (Å²) in [7, 11) is 3.07. The van der Waals surface area contributed by atoms with Gasteiger partial charge in [-0.15, -0.1) is 0 Å². The highest BCUT2D eigenvalue weighted by molar-refractivity contribution is 7.18. The van der Waals surface area contributed by atoms with Gasteiger partial charge in [0.25, 0.3) is 0 Å². The fraction of sp³-hybridized carbons (Fsp3) is 0.111. The molecule has 0 amide bonds. The van der Waals surface area contributed by atoms with Crippen molar-refractivity contribution in [1.82, 2.24) is 4.98 Å². The molecule has 1 aromatic heterocycles. The maximum atomic E-state index is 12.8. The van der Waals surface area contributed by atoms with Crippen LogP contribution in [0.15, 0.2) is 48.5 Å². The van der Waals surface area contributed by atoms with Crippen molar-refractivity contribution in [3.63, 3.8) is 0 Å². The van der Waals surface area contributed by atoms with Crippen molar-refractivity contribution >= 4 is 33.8 Å². The molecule has 0 bridgehead atoms. The Bertz CT molecular complexity index is 894. The van der Waals surface area contributed by atoms with Gasteiger partial charge in [-0.3, -0.25) is 4.79 Å². The lowest BCUT2D eigenvalue weighted by molar-refractivity contribution is 0.104. The van der Waals surface area contributed by atoms with Gasteiger partial charge in [0.1, 0.15) is 10.7 Å². The van der Waals surface area contributed by atoms with E-state index in [0.717, 1.165) is 5.69 Å². The van der Waals surface area contributed by atoms with E-state index in [2.05, 4.69) is 10.3 Å². The third-order valence-electron chi connectivity index (χ3n) is 3.53. The van der Waals surface area contributed by atoms with Crippen LogP contribution in [0.5, 0.6) is 11.5 Å². The average molecular weight is 355 g/mol.